The molecule has 1 atom stereocenters. The molecule has 1 heterocycles. The van der Waals surface area contributed by atoms with Crippen LogP contribution >= 0.6 is 0 Å². The molecule has 0 spiro atoms. The number of likely N-dealkylation sites (tertiary alicyclic amines) is 1. The molecule has 0 amide bonds. The number of hydrogen-bond donors (Lipinski definition) is 0. The maximum absolute atomic E-state index is 12.5. The SMILES string of the molecule is CC(C)(C)OC(=O)/C=C1\C(OCc2ccccc2)CCN1Cc1ccccc1. The van der Waals surface area contributed by atoms with Crippen LogP contribution < -0.4 is 0 Å². The largest absolute Gasteiger partial charge is 0.457 e. The van der Waals surface area contributed by atoms with Gasteiger partial charge < -0.3 is 14.4 Å². The summed E-state index contributed by atoms with van der Waals surface area (Å²) in [6.45, 7) is 7.76. The van der Waals surface area contributed by atoms with Gasteiger partial charge in [0.15, 0.2) is 0 Å². The predicted molar refractivity (Wildman–Crippen MR) is 110 cm³/mol. The summed E-state index contributed by atoms with van der Waals surface area (Å²) in [6, 6.07) is 20.4. The minimum atomic E-state index is -0.516. The molecular weight excluding hydrogens is 350 g/mol. The maximum atomic E-state index is 12.5. The number of esters is 1. The lowest BCUT2D eigenvalue weighted by Crippen LogP contribution is -2.26. The van der Waals surface area contributed by atoms with Crippen LogP contribution in [-0.2, 0) is 27.4 Å². The van der Waals surface area contributed by atoms with E-state index in [1.165, 1.54) is 5.56 Å². The zero-order valence-electron chi connectivity index (χ0n) is 16.9. The minimum Gasteiger partial charge on any atom is -0.457 e. The summed E-state index contributed by atoms with van der Waals surface area (Å²) in [4.78, 5) is 14.7. The smallest absolute Gasteiger partial charge is 0.333 e. The molecule has 0 radical (unpaired) electrons. The Labute approximate surface area is 167 Å². The van der Waals surface area contributed by atoms with Crippen molar-refractivity contribution in [2.75, 3.05) is 6.54 Å². The summed E-state index contributed by atoms with van der Waals surface area (Å²) in [7, 11) is 0. The Morgan fingerprint density at radius 1 is 1.04 bits per heavy atom. The molecule has 0 saturated carbocycles. The Morgan fingerprint density at radius 3 is 2.25 bits per heavy atom. The average Bonchev–Trinajstić information content (AvgIpc) is 3.01. The van der Waals surface area contributed by atoms with Crippen molar-refractivity contribution in [2.45, 2.75) is 52.0 Å². The fourth-order valence-electron chi connectivity index (χ4n) is 3.30. The van der Waals surface area contributed by atoms with Gasteiger partial charge in [0.1, 0.15) is 5.60 Å². The molecule has 2 aromatic carbocycles. The van der Waals surface area contributed by atoms with Crippen molar-refractivity contribution in [3.8, 4) is 0 Å². The van der Waals surface area contributed by atoms with Crippen molar-refractivity contribution < 1.29 is 14.3 Å². The van der Waals surface area contributed by atoms with Crippen LogP contribution in [0, 0.1) is 0 Å². The Morgan fingerprint density at radius 2 is 1.64 bits per heavy atom. The third kappa shape index (κ3) is 5.96. The molecule has 0 aliphatic carbocycles. The van der Waals surface area contributed by atoms with E-state index in [-0.39, 0.29) is 12.1 Å². The summed E-state index contributed by atoms with van der Waals surface area (Å²) in [5, 5.41) is 0. The van der Waals surface area contributed by atoms with E-state index in [9.17, 15) is 4.79 Å². The quantitative estimate of drug-likeness (QED) is 0.538. The van der Waals surface area contributed by atoms with E-state index in [2.05, 4.69) is 17.0 Å². The summed E-state index contributed by atoms with van der Waals surface area (Å²) in [5.41, 5.74) is 2.72. The number of benzene rings is 2. The highest BCUT2D eigenvalue weighted by molar-refractivity contribution is 5.83. The van der Waals surface area contributed by atoms with E-state index in [1.54, 1.807) is 6.08 Å². The van der Waals surface area contributed by atoms with E-state index in [1.807, 2.05) is 69.3 Å². The zero-order chi connectivity index (χ0) is 20.0. The van der Waals surface area contributed by atoms with E-state index in [0.29, 0.717) is 6.61 Å². The maximum Gasteiger partial charge on any atom is 0.333 e. The fourth-order valence-corrected chi connectivity index (χ4v) is 3.30. The van der Waals surface area contributed by atoms with Crippen molar-refractivity contribution in [3.63, 3.8) is 0 Å². The van der Waals surface area contributed by atoms with Gasteiger partial charge in [0, 0.05) is 19.2 Å². The molecule has 3 rings (SSSR count). The first-order valence-electron chi connectivity index (χ1n) is 9.80. The molecule has 148 valence electrons. The van der Waals surface area contributed by atoms with Crippen LogP contribution in [0.3, 0.4) is 0 Å². The van der Waals surface area contributed by atoms with Crippen molar-refractivity contribution in [1.29, 1.82) is 0 Å². The van der Waals surface area contributed by atoms with Crippen LogP contribution in [0.5, 0.6) is 0 Å². The summed E-state index contributed by atoms with van der Waals surface area (Å²) in [6.07, 6.45) is 2.35. The highest BCUT2D eigenvalue weighted by Crippen LogP contribution is 2.28. The lowest BCUT2D eigenvalue weighted by Gasteiger charge is -2.24. The molecule has 1 saturated heterocycles. The molecule has 1 aliphatic rings. The summed E-state index contributed by atoms with van der Waals surface area (Å²) in [5.74, 6) is -0.323. The second kappa shape index (κ2) is 9.07. The van der Waals surface area contributed by atoms with Crippen LogP contribution in [0.25, 0.3) is 0 Å². The van der Waals surface area contributed by atoms with E-state index in [4.69, 9.17) is 9.47 Å². The van der Waals surface area contributed by atoms with Gasteiger partial charge in [0.05, 0.1) is 18.4 Å². The lowest BCUT2D eigenvalue weighted by molar-refractivity contribution is -0.148. The van der Waals surface area contributed by atoms with Gasteiger partial charge in [-0.15, -0.1) is 0 Å². The first kappa shape index (κ1) is 20.2. The van der Waals surface area contributed by atoms with Crippen LogP contribution in [0.15, 0.2) is 72.4 Å². The molecule has 0 aromatic heterocycles. The Kier molecular flexibility index (Phi) is 6.53. The monoisotopic (exact) mass is 379 g/mol. The standard InChI is InChI=1S/C24H29NO3/c1-24(2,3)28-23(26)16-21-22(27-18-20-12-8-5-9-13-20)14-15-25(21)17-19-10-6-4-7-11-19/h4-13,16,22H,14-15,17-18H2,1-3H3/b21-16+. The number of carbonyl (C=O) groups is 1. The second-order valence-electron chi connectivity index (χ2n) is 8.08. The number of rotatable bonds is 6. The van der Waals surface area contributed by atoms with Gasteiger partial charge in [-0.05, 0) is 38.3 Å². The number of ether oxygens (including phenoxy) is 2. The molecule has 1 aliphatic heterocycles. The molecular formula is C24H29NO3. The van der Waals surface area contributed by atoms with Gasteiger partial charge >= 0.3 is 5.97 Å². The van der Waals surface area contributed by atoms with E-state index < -0.39 is 5.60 Å². The zero-order valence-corrected chi connectivity index (χ0v) is 16.9. The second-order valence-corrected chi connectivity index (χ2v) is 8.08. The average molecular weight is 380 g/mol. The molecule has 0 bridgehead atoms. The van der Waals surface area contributed by atoms with E-state index >= 15 is 0 Å². The molecule has 4 heteroatoms. The van der Waals surface area contributed by atoms with Gasteiger partial charge in [-0.2, -0.15) is 0 Å². The van der Waals surface area contributed by atoms with Crippen LogP contribution in [-0.4, -0.2) is 29.1 Å². The van der Waals surface area contributed by atoms with Gasteiger partial charge in [0.25, 0.3) is 0 Å². The summed E-state index contributed by atoms with van der Waals surface area (Å²) < 4.78 is 11.7. The molecule has 2 aromatic rings. The summed E-state index contributed by atoms with van der Waals surface area (Å²) >= 11 is 0. The molecule has 4 nitrogen and oxygen atoms in total. The number of hydrogen-bond acceptors (Lipinski definition) is 4. The third-order valence-electron chi connectivity index (χ3n) is 4.54. The molecule has 0 N–H and O–H groups in total. The highest BCUT2D eigenvalue weighted by atomic mass is 16.6. The van der Waals surface area contributed by atoms with Gasteiger partial charge in [-0.3, -0.25) is 0 Å². The number of carbonyl (C=O) groups excluding carboxylic acids is 1. The van der Waals surface area contributed by atoms with E-state index in [0.717, 1.165) is 30.8 Å². The third-order valence-corrected chi connectivity index (χ3v) is 4.54. The molecule has 1 unspecified atom stereocenters. The predicted octanol–water partition coefficient (Wildman–Crippen LogP) is 4.70. The van der Waals surface area contributed by atoms with Crippen molar-refractivity contribution >= 4 is 5.97 Å². The van der Waals surface area contributed by atoms with Crippen LogP contribution in [0.4, 0.5) is 0 Å². The normalized spacial score (nSPS) is 18.5. The molecule has 1 fully saturated rings. The van der Waals surface area contributed by atoms with Crippen molar-refractivity contribution in [1.82, 2.24) is 4.90 Å². The Bertz CT molecular complexity index is 794. The Hall–Kier alpha value is -2.59. The molecule has 28 heavy (non-hydrogen) atoms. The van der Waals surface area contributed by atoms with Crippen LogP contribution in [0.2, 0.25) is 0 Å². The first-order chi connectivity index (χ1) is 13.4. The fraction of sp³-hybridized carbons (Fsp3) is 0.375. The first-order valence-corrected chi connectivity index (χ1v) is 9.80. The Balaban J connectivity index is 1.75. The van der Waals surface area contributed by atoms with Crippen molar-refractivity contribution in [2.24, 2.45) is 0 Å². The van der Waals surface area contributed by atoms with Gasteiger partial charge in [0.2, 0.25) is 0 Å². The van der Waals surface area contributed by atoms with Crippen molar-refractivity contribution in [3.05, 3.63) is 83.6 Å². The van der Waals surface area contributed by atoms with Gasteiger partial charge in [-0.25, -0.2) is 4.79 Å². The minimum absolute atomic E-state index is 0.114. The topological polar surface area (TPSA) is 38.8 Å². The highest BCUT2D eigenvalue weighted by Gasteiger charge is 2.30. The van der Waals surface area contributed by atoms with Crippen LogP contribution in [0.1, 0.15) is 38.3 Å². The van der Waals surface area contributed by atoms with Gasteiger partial charge in [-0.1, -0.05) is 60.7 Å². The lowest BCUT2D eigenvalue weighted by atomic mass is 10.2. The number of nitrogens with zero attached hydrogens (tertiary/aromatic N) is 1.